The van der Waals surface area contributed by atoms with E-state index in [0.717, 1.165) is 35.4 Å². The van der Waals surface area contributed by atoms with Gasteiger partial charge in [0.05, 0.1) is 20.6 Å². The molecule has 0 unspecified atom stereocenters. The number of ether oxygens (including phenoxy) is 2. The maximum atomic E-state index is 12.7. The van der Waals surface area contributed by atoms with Crippen molar-refractivity contribution in [1.29, 1.82) is 0 Å². The van der Waals surface area contributed by atoms with Gasteiger partial charge in [-0.2, -0.15) is 0 Å². The van der Waals surface area contributed by atoms with Crippen LogP contribution in [0.5, 0.6) is 11.5 Å². The van der Waals surface area contributed by atoms with Crippen molar-refractivity contribution in [3.8, 4) is 11.5 Å². The van der Waals surface area contributed by atoms with E-state index in [-0.39, 0.29) is 5.91 Å². The monoisotopic (exact) mass is 325 g/mol. The van der Waals surface area contributed by atoms with E-state index in [1.807, 2.05) is 48.2 Å². The number of hydrogen-bond acceptors (Lipinski definition) is 3. The van der Waals surface area contributed by atoms with E-state index in [4.69, 9.17) is 9.47 Å². The number of benzene rings is 2. The van der Waals surface area contributed by atoms with Gasteiger partial charge in [-0.1, -0.05) is 24.3 Å². The highest BCUT2D eigenvalue weighted by Crippen LogP contribution is 2.33. The van der Waals surface area contributed by atoms with Crippen molar-refractivity contribution < 1.29 is 14.3 Å². The maximum Gasteiger partial charge on any atom is 0.227 e. The number of amides is 1. The Labute approximate surface area is 143 Å². The minimum Gasteiger partial charge on any atom is -0.493 e. The third-order valence-corrected chi connectivity index (χ3v) is 4.67. The molecule has 0 atom stereocenters. The first-order valence-electron chi connectivity index (χ1n) is 8.18. The lowest BCUT2D eigenvalue weighted by molar-refractivity contribution is -0.131. The van der Waals surface area contributed by atoms with Gasteiger partial charge >= 0.3 is 0 Å². The molecular weight excluding hydrogens is 302 g/mol. The summed E-state index contributed by atoms with van der Waals surface area (Å²) in [6, 6.07) is 12.1. The average molecular weight is 325 g/mol. The summed E-state index contributed by atoms with van der Waals surface area (Å²) in [6.07, 6.45) is 1.30. The van der Waals surface area contributed by atoms with Crippen LogP contribution in [0.2, 0.25) is 0 Å². The molecule has 2 aromatic carbocycles. The molecule has 0 N–H and O–H groups in total. The molecule has 0 bridgehead atoms. The average Bonchev–Trinajstić information content (AvgIpc) is 2.61. The van der Waals surface area contributed by atoms with Gasteiger partial charge < -0.3 is 14.4 Å². The number of rotatable bonds is 4. The zero-order chi connectivity index (χ0) is 17.1. The van der Waals surface area contributed by atoms with Crippen LogP contribution in [0.1, 0.15) is 22.3 Å². The standard InChI is InChI=1S/C20H23NO3/c1-14-6-4-5-7-15(14)12-20(22)21-9-8-16-10-18(23-2)19(24-3)11-17(16)13-21/h4-7,10-11H,8-9,12-13H2,1-3H3. The van der Waals surface area contributed by atoms with Gasteiger partial charge in [0.2, 0.25) is 5.91 Å². The number of aryl methyl sites for hydroxylation is 1. The third kappa shape index (κ3) is 3.23. The second-order valence-electron chi connectivity index (χ2n) is 6.14. The largest absolute Gasteiger partial charge is 0.493 e. The van der Waals surface area contributed by atoms with Crippen molar-refractivity contribution >= 4 is 5.91 Å². The quantitative estimate of drug-likeness (QED) is 0.867. The highest BCUT2D eigenvalue weighted by molar-refractivity contribution is 5.79. The number of hydrogen-bond donors (Lipinski definition) is 0. The molecular formula is C20H23NO3. The first kappa shape index (κ1) is 16.4. The van der Waals surface area contributed by atoms with Crippen molar-refractivity contribution in [2.24, 2.45) is 0 Å². The topological polar surface area (TPSA) is 38.8 Å². The molecule has 24 heavy (non-hydrogen) atoms. The van der Waals surface area contributed by atoms with Crippen LogP contribution >= 0.6 is 0 Å². The fourth-order valence-corrected chi connectivity index (χ4v) is 3.18. The molecule has 1 amide bonds. The molecule has 4 heteroatoms. The molecule has 1 aliphatic rings. The summed E-state index contributed by atoms with van der Waals surface area (Å²) >= 11 is 0. The van der Waals surface area contributed by atoms with E-state index in [0.29, 0.717) is 18.7 Å². The maximum absolute atomic E-state index is 12.7. The summed E-state index contributed by atoms with van der Waals surface area (Å²) < 4.78 is 10.7. The Morgan fingerprint density at radius 1 is 1.08 bits per heavy atom. The van der Waals surface area contributed by atoms with E-state index < -0.39 is 0 Å². The van der Waals surface area contributed by atoms with Crippen LogP contribution in [0.4, 0.5) is 0 Å². The lowest BCUT2D eigenvalue weighted by Gasteiger charge is -2.30. The third-order valence-electron chi connectivity index (χ3n) is 4.67. The summed E-state index contributed by atoms with van der Waals surface area (Å²) in [7, 11) is 3.28. The van der Waals surface area contributed by atoms with Crippen LogP contribution in [0.15, 0.2) is 36.4 Å². The summed E-state index contributed by atoms with van der Waals surface area (Å²) in [5.41, 5.74) is 4.62. The van der Waals surface area contributed by atoms with E-state index in [1.54, 1.807) is 14.2 Å². The zero-order valence-corrected chi connectivity index (χ0v) is 14.5. The Kier molecular flexibility index (Phi) is 4.74. The Hall–Kier alpha value is -2.49. The summed E-state index contributed by atoms with van der Waals surface area (Å²) in [6.45, 7) is 3.42. The van der Waals surface area contributed by atoms with Crippen LogP contribution in [0.25, 0.3) is 0 Å². The van der Waals surface area contributed by atoms with Crippen molar-refractivity contribution in [3.05, 3.63) is 58.7 Å². The highest BCUT2D eigenvalue weighted by atomic mass is 16.5. The molecule has 4 nitrogen and oxygen atoms in total. The van der Waals surface area contributed by atoms with Gasteiger partial charge in [-0.3, -0.25) is 4.79 Å². The van der Waals surface area contributed by atoms with E-state index in [1.165, 1.54) is 5.56 Å². The fraction of sp³-hybridized carbons (Fsp3) is 0.350. The van der Waals surface area contributed by atoms with Gasteiger partial charge in [-0.05, 0) is 47.7 Å². The van der Waals surface area contributed by atoms with Crippen molar-refractivity contribution in [1.82, 2.24) is 4.90 Å². The molecule has 3 rings (SSSR count). The van der Waals surface area contributed by atoms with Gasteiger partial charge in [0, 0.05) is 13.1 Å². The minimum absolute atomic E-state index is 0.171. The van der Waals surface area contributed by atoms with Crippen molar-refractivity contribution in [3.63, 3.8) is 0 Å². The lowest BCUT2D eigenvalue weighted by Crippen LogP contribution is -2.37. The summed E-state index contributed by atoms with van der Waals surface area (Å²) in [5.74, 6) is 1.63. The fourth-order valence-electron chi connectivity index (χ4n) is 3.18. The molecule has 1 aliphatic heterocycles. The van der Waals surface area contributed by atoms with E-state index in [2.05, 4.69) is 0 Å². The van der Waals surface area contributed by atoms with Gasteiger partial charge in [0.25, 0.3) is 0 Å². The van der Waals surface area contributed by atoms with Crippen molar-refractivity contribution in [2.75, 3.05) is 20.8 Å². The number of fused-ring (bicyclic) bond motifs is 1. The van der Waals surface area contributed by atoms with Crippen LogP contribution in [0, 0.1) is 6.92 Å². The van der Waals surface area contributed by atoms with E-state index in [9.17, 15) is 4.79 Å². The second kappa shape index (κ2) is 6.95. The molecule has 1 heterocycles. The van der Waals surface area contributed by atoms with Crippen molar-refractivity contribution in [2.45, 2.75) is 26.3 Å². The van der Waals surface area contributed by atoms with E-state index >= 15 is 0 Å². The zero-order valence-electron chi connectivity index (χ0n) is 14.5. The van der Waals surface area contributed by atoms with Crippen LogP contribution in [0.3, 0.4) is 0 Å². The molecule has 0 saturated heterocycles. The van der Waals surface area contributed by atoms with Gasteiger partial charge in [0.15, 0.2) is 11.5 Å². The minimum atomic E-state index is 0.171. The molecule has 0 aliphatic carbocycles. The molecule has 2 aromatic rings. The lowest BCUT2D eigenvalue weighted by atomic mass is 9.97. The van der Waals surface area contributed by atoms with Gasteiger partial charge in [0.1, 0.15) is 0 Å². The Morgan fingerprint density at radius 3 is 2.42 bits per heavy atom. The SMILES string of the molecule is COc1cc2c(cc1OC)CN(C(=O)Cc1ccccc1C)CC2. The number of carbonyl (C=O) groups is 1. The first-order valence-corrected chi connectivity index (χ1v) is 8.18. The molecule has 126 valence electrons. The normalized spacial score (nSPS) is 13.4. The van der Waals surface area contributed by atoms with Crippen LogP contribution in [-0.2, 0) is 24.2 Å². The van der Waals surface area contributed by atoms with Gasteiger partial charge in [-0.25, -0.2) is 0 Å². The smallest absolute Gasteiger partial charge is 0.227 e. The highest BCUT2D eigenvalue weighted by Gasteiger charge is 2.23. The number of methoxy groups -OCH3 is 2. The van der Waals surface area contributed by atoms with Crippen LogP contribution < -0.4 is 9.47 Å². The second-order valence-corrected chi connectivity index (χ2v) is 6.14. The number of carbonyl (C=O) groups excluding carboxylic acids is 1. The molecule has 0 saturated carbocycles. The Balaban J connectivity index is 1.77. The molecule has 0 fully saturated rings. The molecule has 0 radical (unpaired) electrons. The molecule has 0 aromatic heterocycles. The predicted octanol–water partition coefficient (Wildman–Crippen LogP) is 3.14. The summed E-state index contributed by atoms with van der Waals surface area (Å²) in [5, 5.41) is 0. The van der Waals surface area contributed by atoms with Gasteiger partial charge in [-0.15, -0.1) is 0 Å². The van der Waals surface area contributed by atoms with Crippen LogP contribution in [-0.4, -0.2) is 31.6 Å². The molecule has 0 spiro atoms. The number of nitrogens with zero attached hydrogens (tertiary/aromatic N) is 1. The summed E-state index contributed by atoms with van der Waals surface area (Å²) in [4.78, 5) is 14.6. The first-order chi connectivity index (χ1) is 11.6. The Morgan fingerprint density at radius 2 is 1.75 bits per heavy atom. The predicted molar refractivity (Wildman–Crippen MR) is 93.6 cm³/mol. The Bertz CT molecular complexity index is 755.